The fourth-order valence-electron chi connectivity index (χ4n) is 2.18. The van der Waals surface area contributed by atoms with Crippen LogP contribution in [-0.4, -0.2) is 50.6 Å². The lowest BCUT2D eigenvalue weighted by molar-refractivity contribution is -0.0460. The van der Waals surface area contributed by atoms with Gasteiger partial charge in [0, 0.05) is 19.7 Å². The van der Waals surface area contributed by atoms with E-state index in [1.807, 2.05) is 0 Å². The van der Waals surface area contributed by atoms with E-state index >= 15 is 0 Å². The van der Waals surface area contributed by atoms with Gasteiger partial charge in [-0.2, -0.15) is 0 Å². The van der Waals surface area contributed by atoms with E-state index in [0.717, 1.165) is 9.58 Å². The maximum absolute atomic E-state index is 11.8. The SMILES string of the molecule is CN(Cc1cn(C2CC(O)C(CO)O2)c(=O)[nH]c1=O)N=O. The molecule has 0 amide bonds. The van der Waals surface area contributed by atoms with Crippen LogP contribution in [-0.2, 0) is 11.3 Å². The molecule has 0 radical (unpaired) electrons. The van der Waals surface area contributed by atoms with E-state index in [2.05, 4.69) is 10.3 Å². The molecule has 1 aromatic rings. The number of nitrogens with one attached hydrogen (secondary N) is 1. The second-order valence-electron chi connectivity index (χ2n) is 4.83. The van der Waals surface area contributed by atoms with Crippen molar-refractivity contribution in [1.29, 1.82) is 0 Å². The van der Waals surface area contributed by atoms with Gasteiger partial charge >= 0.3 is 5.69 Å². The van der Waals surface area contributed by atoms with Crippen LogP contribution >= 0.6 is 0 Å². The molecule has 3 atom stereocenters. The van der Waals surface area contributed by atoms with Crippen LogP contribution in [0.2, 0.25) is 0 Å². The summed E-state index contributed by atoms with van der Waals surface area (Å²) in [6, 6.07) is 0. The molecular weight excluding hydrogens is 284 g/mol. The Morgan fingerprint density at radius 2 is 2.29 bits per heavy atom. The number of aliphatic hydroxyl groups excluding tert-OH is 2. The molecule has 0 aromatic carbocycles. The van der Waals surface area contributed by atoms with Gasteiger partial charge in [0.25, 0.3) is 5.56 Å². The smallest absolute Gasteiger partial charge is 0.330 e. The van der Waals surface area contributed by atoms with Crippen molar-refractivity contribution in [3.8, 4) is 0 Å². The molecule has 1 fully saturated rings. The van der Waals surface area contributed by atoms with E-state index in [1.54, 1.807) is 0 Å². The van der Waals surface area contributed by atoms with Gasteiger partial charge in [-0.1, -0.05) is 0 Å². The van der Waals surface area contributed by atoms with Crippen molar-refractivity contribution in [2.75, 3.05) is 13.7 Å². The van der Waals surface area contributed by atoms with E-state index in [4.69, 9.17) is 9.84 Å². The summed E-state index contributed by atoms with van der Waals surface area (Å²) < 4.78 is 6.48. The summed E-state index contributed by atoms with van der Waals surface area (Å²) in [5, 5.41) is 22.4. The highest BCUT2D eigenvalue weighted by atomic mass is 16.5. The molecule has 3 N–H and O–H groups in total. The number of nitroso groups, excluding NO2 is 1. The van der Waals surface area contributed by atoms with Crippen LogP contribution in [0.3, 0.4) is 0 Å². The molecule has 0 saturated carbocycles. The highest BCUT2D eigenvalue weighted by molar-refractivity contribution is 5.05. The molecule has 1 aliphatic rings. The zero-order valence-electron chi connectivity index (χ0n) is 11.3. The third-order valence-electron chi connectivity index (χ3n) is 3.27. The zero-order chi connectivity index (χ0) is 15.6. The Labute approximate surface area is 118 Å². The molecule has 116 valence electrons. The predicted molar refractivity (Wildman–Crippen MR) is 70.2 cm³/mol. The van der Waals surface area contributed by atoms with E-state index in [0.29, 0.717) is 0 Å². The van der Waals surface area contributed by atoms with Crippen LogP contribution < -0.4 is 11.2 Å². The summed E-state index contributed by atoms with van der Waals surface area (Å²) >= 11 is 0. The van der Waals surface area contributed by atoms with Crippen molar-refractivity contribution in [2.45, 2.75) is 31.4 Å². The molecular formula is C11H16N4O6. The molecule has 10 nitrogen and oxygen atoms in total. The molecule has 0 spiro atoms. The molecule has 0 bridgehead atoms. The van der Waals surface area contributed by atoms with Crippen LogP contribution in [0.5, 0.6) is 0 Å². The van der Waals surface area contributed by atoms with E-state index in [1.165, 1.54) is 13.2 Å². The standard InChI is InChI=1S/C11H16N4O6/c1-14(13-20)3-6-4-15(11(19)12-10(6)18)9-2-7(17)8(5-16)21-9/h4,7-9,16-17H,2-3,5H2,1H3,(H,12,18,19). The van der Waals surface area contributed by atoms with E-state index < -0.39 is 29.7 Å². The first-order valence-electron chi connectivity index (χ1n) is 6.29. The van der Waals surface area contributed by atoms with E-state index in [-0.39, 0.29) is 25.1 Å². The first-order valence-corrected chi connectivity index (χ1v) is 6.29. The van der Waals surface area contributed by atoms with Gasteiger partial charge in [-0.25, -0.2) is 4.79 Å². The molecule has 3 unspecified atom stereocenters. The maximum Gasteiger partial charge on any atom is 0.330 e. The summed E-state index contributed by atoms with van der Waals surface area (Å²) in [4.78, 5) is 36.0. The predicted octanol–water partition coefficient (Wildman–Crippen LogP) is -1.71. The number of hydrogen-bond acceptors (Lipinski definition) is 7. The molecule has 0 aliphatic carbocycles. The average molecular weight is 300 g/mol. The Morgan fingerprint density at radius 1 is 1.57 bits per heavy atom. The number of rotatable bonds is 5. The van der Waals surface area contributed by atoms with Crippen molar-refractivity contribution >= 4 is 0 Å². The lowest BCUT2D eigenvalue weighted by Gasteiger charge is -2.16. The van der Waals surface area contributed by atoms with Gasteiger partial charge in [-0.3, -0.25) is 19.4 Å². The second kappa shape index (κ2) is 6.16. The Hall–Kier alpha value is -2.04. The highest BCUT2D eigenvalue weighted by Crippen LogP contribution is 2.27. The number of aromatic nitrogens is 2. The minimum absolute atomic E-state index is 0.0716. The average Bonchev–Trinajstić information content (AvgIpc) is 2.82. The largest absolute Gasteiger partial charge is 0.394 e. The van der Waals surface area contributed by atoms with Crippen molar-refractivity contribution in [1.82, 2.24) is 14.6 Å². The van der Waals surface area contributed by atoms with Crippen LogP contribution in [0.15, 0.2) is 21.1 Å². The second-order valence-corrected chi connectivity index (χ2v) is 4.83. The summed E-state index contributed by atoms with van der Waals surface area (Å²) in [5.74, 6) is 0. The lowest BCUT2D eigenvalue weighted by atomic mass is 10.2. The Bertz CT molecular complexity index is 626. The number of aromatic amines is 1. The third-order valence-corrected chi connectivity index (χ3v) is 3.27. The molecule has 2 rings (SSSR count). The highest BCUT2D eigenvalue weighted by Gasteiger charge is 2.35. The fraction of sp³-hybridized carbons (Fsp3) is 0.636. The normalized spacial score (nSPS) is 25.0. The van der Waals surface area contributed by atoms with Crippen molar-refractivity contribution < 1.29 is 14.9 Å². The number of aliphatic hydroxyl groups is 2. The van der Waals surface area contributed by atoms with Crippen LogP contribution in [0.1, 0.15) is 18.2 Å². The molecule has 1 aliphatic heterocycles. The van der Waals surface area contributed by atoms with Crippen molar-refractivity contribution in [2.24, 2.45) is 5.29 Å². The summed E-state index contributed by atoms with van der Waals surface area (Å²) in [6.07, 6.45) is -1.11. The Kier molecular flexibility index (Phi) is 4.50. The van der Waals surface area contributed by atoms with Gasteiger partial charge in [0.05, 0.1) is 30.1 Å². The zero-order valence-corrected chi connectivity index (χ0v) is 11.3. The van der Waals surface area contributed by atoms with E-state index in [9.17, 15) is 19.6 Å². The Morgan fingerprint density at radius 3 is 2.86 bits per heavy atom. The molecule has 2 heterocycles. The Balaban J connectivity index is 2.32. The topological polar surface area (TPSA) is 137 Å². The van der Waals surface area contributed by atoms with Crippen LogP contribution in [0, 0.1) is 4.91 Å². The van der Waals surface area contributed by atoms with Crippen molar-refractivity contribution in [3.63, 3.8) is 0 Å². The fourth-order valence-corrected chi connectivity index (χ4v) is 2.18. The number of hydrogen-bond donors (Lipinski definition) is 3. The maximum atomic E-state index is 11.8. The van der Waals surface area contributed by atoms with Crippen molar-refractivity contribution in [3.05, 3.63) is 37.5 Å². The number of nitrogens with zero attached hydrogens (tertiary/aromatic N) is 3. The van der Waals surface area contributed by atoms with Gasteiger partial charge in [-0.15, -0.1) is 4.91 Å². The molecule has 21 heavy (non-hydrogen) atoms. The van der Waals surface area contributed by atoms with Gasteiger partial charge in [-0.05, 0) is 0 Å². The minimum Gasteiger partial charge on any atom is -0.394 e. The third kappa shape index (κ3) is 3.17. The monoisotopic (exact) mass is 300 g/mol. The first kappa shape index (κ1) is 15.4. The van der Waals surface area contributed by atoms with Crippen LogP contribution in [0.4, 0.5) is 0 Å². The van der Waals surface area contributed by atoms with Gasteiger partial charge in [0.2, 0.25) is 0 Å². The molecule has 1 saturated heterocycles. The number of ether oxygens (including phenoxy) is 1. The summed E-state index contributed by atoms with van der Waals surface area (Å²) in [7, 11) is 1.39. The lowest BCUT2D eigenvalue weighted by Crippen LogP contribution is -2.35. The number of H-pyrrole nitrogens is 1. The molecule has 10 heteroatoms. The summed E-state index contributed by atoms with van der Waals surface area (Å²) in [6.45, 7) is -0.446. The van der Waals surface area contributed by atoms with Gasteiger partial charge in [0.15, 0.2) is 0 Å². The first-order chi connectivity index (χ1) is 9.96. The summed E-state index contributed by atoms with van der Waals surface area (Å²) in [5.41, 5.74) is -1.16. The quantitative estimate of drug-likeness (QED) is 0.435. The van der Waals surface area contributed by atoms with Gasteiger partial charge < -0.3 is 14.9 Å². The van der Waals surface area contributed by atoms with Crippen LogP contribution in [0.25, 0.3) is 0 Å². The van der Waals surface area contributed by atoms with Gasteiger partial charge in [0.1, 0.15) is 12.3 Å². The minimum atomic E-state index is -0.901. The molecule has 1 aromatic heterocycles.